The Balaban J connectivity index is 1.69. The number of hydrogen-bond donors (Lipinski definition) is 1. The van der Waals surface area contributed by atoms with Crippen LogP contribution in [-0.4, -0.2) is 19.7 Å². The van der Waals surface area contributed by atoms with Crippen molar-refractivity contribution in [1.29, 1.82) is 0 Å². The Labute approximate surface area is 155 Å². The van der Waals surface area contributed by atoms with Crippen LogP contribution in [0.4, 0.5) is 5.69 Å². The summed E-state index contributed by atoms with van der Waals surface area (Å²) in [6.45, 7) is 0.807. The fourth-order valence-corrected chi connectivity index (χ4v) is 4.29. The van der Waals surface area contributed by atoms with Crippen molar-refractivity contribution in [3.8, 4) is 0 Å². The number of esters is 1. The zero-order chi connectivity index (χ0) is 17.4. The Bertz CT molecular complexity index is 790. The normalized spacial score (nSPS) is 24.6. The topological polar surface area (TPSA) is 47.6 Å². The number of rotatable bonds is 2. The van der Waals surface area contributed by atoms with Crippen molar-refractivity contribution in [2.75, 3.05) is 19.0 Å². The molecule has 3 atom stereocenters. The molecule has 1 N–H and O–H groups in total. The predicted octanol–water partition coefficient (Wildman–Crippen LogP) is 4.87. The summed E-state index contributed by atoms with van der Waals surface area (Å²) in [6, 6.07) is 14.2. The highest BCUT2D eigenvalue weighted by molar-refractivity contribution is 9.10. The van der Waals surface area contributed by atoms with Crippen molar-refractivity contribution in [2.45, 2.75) is 25.0 Å². The first-order valence-electron chi connectivity index (χ1n) is 8.53. The second-order valence-corrected chi connectivity index (χ2v) is 7.48. The van der Waals surface area contributed by atoms with Crippen molar-refractivity contribution in [1.82, 2.24) is 0 Å². The molecule has 0 bridgehead atoms. The summed E-state index contributed by atoms with van der Waals surface area (Å²) in [5.41, 5.74) is 4.08. The zero-order valence-electron chi connectivity index (χ0n) is 14.0. The molecule has 2 heterocycles. The molecule has 4 rings (SSSR count). The molecule has 2 aliphatic heterocycles. The predicted molar refractivity (Wildman–Crippen MR) is 99.7 cm³/mol. The molecule has 0 radical (unpaired) electrons. The van der Waals surface area contributed by atoms with E-state index in [4.69, 9.17) is 9.47 Å². The summed E-state index contributed by atoms with van der Waals surface area (Å²) in [6.07, 6.45) is 2.29. The number of fused-ring (bicyclic) bond motifs is 3. The van der Waals surface area contributed by atoms with Crippen LogP contribution in [0.5, 0.6) is 0 Å². The van der Waals surface area contributed by atoms with Gasteiger partial charge in [0.25, 0.3) is 0 Å². The van der Waals surface area contributed by atoms with Crippen LogP contribution in [0.3, 0.4) is 0 Å². The third kappa shape index (κ3) is 3.07. The van der Waals surface area contributed by atoms with Gasteiger partial charge in [-0.25, -0.2) is 4.79 Å². The van der Waals surface area contributed by atoms with E-state index in [1.165, 1.54) is 18.2 Å². The number of carbonyl (C=O) groups excluding carboxylic acids is 1. The van der Waals surface area contributed by atoms with Crippen LogP contribution >= 0.6 is 15.9 Å². The molecule has 25 heavy (non-hydrogen) atoms. The van der Waals surface area contributed by atoms with Crippen LogP contribution in [0.15, 0.2) is 46.9 Å². The van der Waals surface area contributed by atoms with E-state index in [0.29, 0.717) is 11.5 Å². The molecule has 0 aliphatic carbocycles. The molecule has 0 amide bonds. The van der Waals surface area contributed by atoms with Gasteiger partial charge in [-0.2, -0.15) is 0 Å². The van der Waals surface area contributed by atoms with Gasteiger partial charge in [-0.1, -0.05) is 28.1 Å². The quantitative estimate of drug-likeness (QED) is 0.729. The molecule has 4 nitrogen and oxygen atoms in total. The van der Waals surface area contributed by atoms with Crippen molar-refractivity contribution in [3.63, 3.8) is 0 Å². The van der Waals surface area contributed by atoms with E-state index >= 15 is 0 Å². The first-order chi connectivity index (χ1) is 12.2. The third-order valence-electron chi connectivity index (χ3n) is 5.12. The summed E-state index contributed by atoms with van der Waals surface area (Å²) < 4.78 is 12.0. The van der Waals surface area contributed by atoms with E-state index < -0.39 is 0 Å². The van der Waals surface area contributed by atoms with E-state index in [9.17, 15) is 4.79 Å². The van der Waals surface area contributed by atoms with E-state index in [1.54, 1.807) is 0 Å². The number of hydrogen-bond acceptors (Lipinski definition) is 4. The maximum absolute atomic E-state index is 11.7. The maximum Gasteiger partial charge on any atom is 0.337 e. The first kappa shape index (κ1) is 16.6. The SMILES string of the molecule is COC(=O)c1ccc(C2Nc3ccc(Br)cc3[C@H]3OCCC[C@@H]23)cc1. The van der Waals surface area contributed by atoms with Gasteiger partial charge in [0, 0.05) is 28.2 Å². The number of anilines is 1. The zero-order valence-corrected chi connectivity index (χ0v) is 15.6. The van der Waals surface area contributed by atoms with E-state index in [1.807, 2.05) is 30.3 Å². The highest BCUT2D eigenvalue weighted by Crippen LogP contribution is 2.49. The lowest BCUT2D eigenvalue weighted by Gasteiger charge is -2.43. The van der Waals surface area contributed by atoms with Gasteiger partial charge < -0.3 is 14.8 Å². The van der Waals surface area contributed by atoms with Crippen LogP contribution < -0.4 is 5.32 Å². The number of carbonyl (C=O) groups is 1. The highest BCUT2D eigenvalue weighted by Gasteiger charge is 2.39. The van der Waals surface area contributed by atoms with Gasteiger partial charge in [-0.15, -0.1) is 0 Å². The Hall–Kier alpha value is -1.85. The van der Waals surface area contributed by atoms with Crippen molar-refractivity contribution >= 4 is 27.6 Å². The standard InChI is InChI=1S/C20H20BrNO3/c1-24-20(23)13-6-4-12(5-7-13)18-15-3-2-10-25-19(15)16-11-14(21)8-9-17(16)22-18/h4-9,11,15,18-19,22H,2-3,10H2,1H3/t15-,18?,19-/m0/s1. The van der Waals surface area contributed by atoms with Crippen molar-refractivity contribution in [2.24, 2.45) is 5.92 Å². The van der Waals surface area contributed by atoms with Crippen LogP contribution in [-0.2, 0) is 9.47 Å². The summed E-state index contributed by atoms with van der Waals surface area (Å²) in [4.78, 5) is 11.7. The van der Waals surface area contributed by atoms with Crippen LogP contribution in [0.25, 0.3) is 0 Å². The second-order valence-electron chi connectivity index (χ2n) is 6.56. The molecule has 130 valence electrons. The van der Waals surface area contributed by atoms with Crippen molar-refractivity contribution < 1.29 is 14.3 Å². The lowest BCUT2D eigenvalue weighted by atomic mass is 9.77. The molecule has 1 saturated heterocycles. The monoisotopic (exact) mass is 401 g/mol. The fraction of sp³-hybridized carbons (Fsp3) is 0.350. The smallest absolute Gasteiger partial charge is 0.337 e. The Kier molecular flexibility index (Phi) is 4.52. The van der Waals surface area contributed by atoms with Crippen LogP contribution in [0.2, 0.25) is 0 Å². The summed E-state index contributed by atoms with van der Waals surface area (Å²) in [7, 11) is 1.40. The minimum atomic E-state index is -0.308. The molecule has 1 unspecified atom stereocenters. The van der Waals surface area contributed by atoms with E-state index in [2.05, 4.69) is 33.4 Å². The fourth-order valence-electron chi connectivity index (χ4n) is 3.92. The number of benzene rings is 2. The molecular weight excluding hydrogens is 382 g/mol. The largest absolute Gasteiger partial charge is 0.465 e. The second kappa shape index (κ2) is 6.81. The molecule has 1 fully saturated rings. The molecule has 0 saturated carbocycles. The van der Waals surface area contributed by atoms with Crippen molar-refractivity contribution in [3.05, 3.63) is 63.6 Å². The molecule has 2 aromatic rings. The molecular formula is C20H20BrNO3. The Morgan fingerprint density at radius 3 is 2.80 bits per heavy atom. The van der Waals surface area contributed by atoms with Gasteiger partial charge in [0.2, 0.25) is 0 Å². The Morgan fingerprint density at radius 2 is 2.04 bits per heavy atom. The molecule has 2 aromatic carbocycles. The number of halogens is 1. The first-order valence-corrected chi connectivity index (χ1v) is 9.32. The minimum absolute atomic E-state index is 0.104. The lowest BCUT2D eigenvalue weighted by molar-refractivity contribution is -0.0381. The molecule has 0 aromatic heterocycles. The highest BCUT2D eigenvalue weighted by atomic mass is 79.9. The van der Waals surface area contributed by atoms with Gasteiger partial charge in [-0.05, 0) is 48.7 Å². The van der Waals surface area contributed by atoms with Gasteiger partial charge in [-0.3, -0.25) is 0 Å². The molecule has 5 heteroatoms. The number of nitrogens with one attached hydrogen (secondary N) is 1. The van der Waals surface area contributed by atoms with Gasteiger partial charge in [0.1, 0.15) is 0 Å². The number of ether oxygens (including phenoxy) is 2. The third-order valence-corrected chi connectivity index (χ3v) is 5.61. The molecule has 0 spiro atoms. The minimum Gasteiger partial charge on any atom is -0.465 e. The van der Waals surface area contributed by atoms with E-state index in [0.717, 1.165) is 29.6 Å². The van der Waals surface area contributed by atoms with Gasteiger partial charge in [0.15, 0.2) is 0 Å². The molecule has 2 aliphatic rings. The van der Waals surface area contributed by atoms with Gasteiger partial charge in [0.05, 0.1) is 24.8 Å². The lowest BCUT2D eigenvalue weighted by Crippen LogP contribution is -2.36. The van der Waals surface area contributed by atoms with Crippen LogP contribution in [0, 0.1) is 5.92 Å². The summed E-state index contributed by atoms with van der Waals surface area (Å²) >= 11 is 3.57. The average molecular weight is 402 g/mol. The van der Waals surface area contributed by atoms with E-state index in [-0.39, 0.29) is 18.1 Å². The summed E-state index contributed by atoms with van der Waals surface area (Å²) in [5.74, 6) is 0.0664. The Morgan fingerprint density at radius 1 is 1.24 bits per heavy atom. The van der Waals surface area contributed by atoms with Crippen LogP contribution in [0.1, 0.15) is 46.5 Å². The van der Waals surface area contributed by atoms with Gasteiger partial charge >= 0.3 is 5.97 Å². The summed E-state index contributed by atoms with van der Waals surface area (Å²) in [5, 5.41) is 3.69. The number of methoxy groups -OCH3 is 1. The maximum atomic E-state index is 11.7. The average Bonchev–Trinajstić information content (AvgIpc) is 2.67.